The first-order chi connectivity index (χ1) is 7.68. The molecule has 1 fully saturated rings. The van der Waals surface area contributed by atoms with E-state index in [0.717, 1.165) is 25.2 Å². The highest BCUT2D eigenvalue weighted by Crippen LogP contribution is 2.12. The fraction of sp³-hybridized carbons (Fsp3) is 0.500. The highest BCUT2D eigenvalue weighted by atomic mass is 16.2. The van der Waals surface area contributed by atoms with Gasteiger partial charge in [0.25, 0.3) is 5.91 Å². The summed E-state index contributed by atoms with van der Waals surface area (Å²) < 4.78 is 0. The van der Waals surface area contributed by atoms with Crippen molar-refractivity contribution in [2.45, 2.75) is 13.0 Å². The minimum absolute atomic E-state index is 0.114. The average Bonchev–Trinajstić information content (AvgIpc) is 2.29. The van der Waals surface area contributed by atoms with Gasteiger partial charge in [-0.25, -0.2) is 0 Å². The summed E-state index contributed by atoms with van der Waals surface area (Å²) in [6.07, 6.45) is 3.32. The maximum absolute atomic E-state index is 12.2. The Bertz CT molecular complexity index is 366. The summed E-state index contributed by atoms with van der Waals surface area (Å²) in [6, 6.07) is 3.82. The molecule has 1 aliphatic rings. The van der Waals surface area contributed by atoms with Gasteiger partial charge < -0.3 is 9.80 Å². The van der Waals surface area contributed by atoms with Crippen LogP contribution in [0.5, 0.6) is 0 Å². The van der Waals surface area contributed by atoms with Crippen LogP contribution in [0.4, 0.5) is 0 Å². The van der Waals surface area contributed by atoms with E-state index in [4.69, 9.17) is 0 Å². The third-order valence-corrected chi connectivity index (χ3v) is 3.02. The van der Waals surface area contributed by atoms with Gasteiger partial charge in [0.2, 0.25) is 0 Å². The first-order valence-electron chi connectivity index (χ1n) is 5.58. The van der Waals surface area contributed by atoms with E-state index in [0.29, 0.717) is 0 Å². The van der Waals surface area contributed by atoms with Crippen molar-refractivity contribution in [1.82, 2.24) is 14.8 Å². The Kier molecular flexibility index (Phi) is 3.19. The van der Waals surface area contributed by atoms with Gasteiger partial charge in [0, 0.05) is 43.6 Å². The molecule has 0 saturated carbocycles. The lowest BCUT2D eigenvalue weighted by Gasteiger charge is -2.38. The number of likely N-dealkylation sites (N-methyl/N-ethyl adjacent to an activating group) is 1. The van der Waals surface area contributed by atoms with Gasteiger partial charge in [-0.15, -0.1) is 0 Å². The second-order valence-electron chi connectivity index (χ2n) is 4.35. The summed E-state index contributed by atoms with van der Waals surface area (Å²) in [5, 5.41) is 0. The summed E-state index contributed by atoms with van der Waals surface area (Å²) in [5.41, 5.74) is 0.728. The van der Waals surface area contributed by atoms with Gasteiger partial charge in [0.1, 0.15) is 0 Å². The molecule has 0 radical (unpaired) electrons. The predicted molar refractivity (Wildman–Crippen MR) is 62.2 cm³/mol. The van der Waals surface area contributed by atoms with Crippen LogP contribution in [-0.4, -0.2) is 53.4 Å². The van der Waals surface area contributed by atoms with Crippen LogP contribution in [0, 0.1) is 0 Å². The molecule has 4 nitrogen and oxygen atoms in total. The zero-order chi connectivity index (χ0) is 11.5. The molecular weight excluding hydrogens is 202 g/mol. The number of carbonyl (C=O) groups excluding carboxylic acids is 1. The average molecular weight is 219 g/mol. The summed E-state index contributed by atoms with van der Waals surface area (Å²) in [7, 11) is 2.09. The molecule has 0 aromatic carbocycles. The number of rotatable bonds is 1. The fourth-order valence-corrected chi connectivity index (χ4v) is 2.10. The third kappa shape index (κ3) is 2.22. The van der Waals surface area contributed by atoms with Gasteiger partial charge in [-0.3, -0.25) is 9.78 Å². The molecule has 2 heterocycles. The predicted octanol–water partition coefficient (Wildman–Crippen LogP) is 0.858. The zero-order valence-electron chi connectivity index (χ0n) is 9.76. The van der Waals surface area contributed by atoms with E-state index in [1.165, 1.54) is 0 Å². The SMILES string of the molecule is CC1CN(C)CCN1C(=O)c1ccncc1. The lowest BCUT2D eigenvalue weighted by molar-refractivity contribution is 0.0533. The van der Waals surface area contributed by atoms with Crippen molar-refractivity contribution in [3.8, 4) is 0 Å². The van der Waals surface area contributed by atoms with Crippen LogP contribution in [-0.2, 0) is 0 Å². The van der Waals surface area contributed by atoms with Gasteiger partial charge in [0.05, 0.1) is 0 Å². The molecule has 0 aliphatic carbocycles. The van der Waals surface area contributed by atoms with Crippen molar-refractivity contribution < 1.29 is 4.79 Å². The Labute approximate surface area is 95.9 Å². The lowest BCUT2D eigenvalue weighted by Crippen LogP contribution is -2.52. The molecule has 0 spiro atoms. The first-order valence-corrected chi connectivity index (χ1v) is 5.58. The number of pyridine rings is 1. The molecule has 1 aliphatic heterocycles. The molecule has 0 bridgehead atoms. The van der Waals surface area contributed by atoms with Crippen LogP contribution in [0.25, 0.3) is 0 Å². The van der Waals surface area contributed by atoms with Crippen LogP contribution in [0.1, 0.15) is 17.3 Å². The van der Waals surface area contributed by atoms with E-state index in [1.54, 1.807) is 24.5 Å². The van der Waals surface area contributed by atoms with Gasteiger partial charge >= 0.3 is 0 Å². The number of piperazine rings is 1. The maximum Gasteiger partial charge on any atom is 0.254 e. The van der Waals surface area contributed by atoms with Crippen LogP contribution in [0.2, 0.25) is 0 Å². The van der Waals surface area contributed by atoms with Crippen molar-refractivity contribution in [1.29, 1.82) is 0 Å². The molecule has 4 heteroatoms. The van der Waals surface area contributed by atoms with Gasteiger partial charge in [-0.2, -0.15) is 0 Å². The number of aromatic nitrogens is 1. The number of hydrogen-bond donors (Lipinski definition) is 0. The van der Waals surface area contributed by atoms with E-state index < -0.39 is 0 Å². The molecule has 2 rings (SSSR count). The van der Waals surface area contributed by atoms with Crippen molar-refractivity contribution in [3.05, 3.63) is 30.1 Å². The molecule has 16 heavy (non-hydrogen) atoms. The molecule has 0 N–H and O–H groups in total. The largest absolute Gasteiger partial charge is 0.333 e. The highest BCUT2D eigenvalue weighted by molar-refractivity contribution is 5.94. The first kappa shape index (κ1) is 11.1. The van der Waals surface area contributed by atoms with Crippen LogP contribution in [0.15, 0.2) is 24.5 Å². The van der Waals surface area contributed by atoms with Gasteiger partial charge in [-0.05, 0) is 26.1 Å². The maximum atomic E-state index is 12.2. The second-order valence-corrected chi connectivity index (χ2v) is 4.35. The molecule has 1 amide bonds. The quantitative estimate of drug-likeness (QED) is 0.703. The van der Waals surface area contributed by atoms with E-state index in [1.807, 2.05) is 4.90 Å². The van der Waals surface area contributed by atoms with E-state index in [9.17, 15) is 4.79 Å². The van der Waals surface area contributed by atoms with E-state index in [-0.39, 0.29) is 11.9 Å². The van der Waals surface area contributed by atoms with Crippen molar-refractivity contribution in [2.24, 2.45) is 0 Å². The molecule has 1 saturated heterocycles. The third-order valence-electron chi connectivity index (χ3n) is 3.02. The van der Waals surface area contributed by atoms with Crippen molar-refractivity contribution >= 4 is 5.91 Å². The monoisotopic (exact) mass is 219 g/mol. The van der Waals surface area contributed by atoms with E-state index in [2.05, 4.69) is 23.9 Å². The smallest absolute Gasteiger partial charge is 0.254 e. The standard InChI is InChI=1S/C12H17N3O/c1-10-9-14(2)7-8-15(10)12(16)11-3-5-13-6-4-11/h3-6,10H,7-9H2,1-2H3. The Morgan fingerprint density at radius 2 is 2.06 bits per heavy atom. The summed E-state index contributed by atoms with van der Waals surface area (Å²) in [6.45, 7) is 4.78. The summed E-state index contributed by atoms with van der Waals surface area (Å²) in [5.74, 6) is 0.114. The second kappa shape index (κ2) is 4.61. The van der Waals surface area contributed by atoms with E-state index >= 15 is 0 Å². The Morgan fingerprint density at radius 3 is 2.69 bits per heavy atom. The normalized spacial score (nSPS) is 22.1. The Morgan fingerprint density at radius 1 is 1.38 bits per heavy atom. The minimum Gasteiger partial charge on any atom is -0.333 e. The van der Waals surface area contributed by atoms with Crippen molar-refractivity contribution in [3.63, 3.8) is 0 Å². The number of amides is 1. The van der Waals surface area contributed by atoms with Crippen LogP contribution >= 0.6 is 0 Å². The van der Waals surface area contributed by atoms with Crippen molar-refractivity contribution in [2.75, 3.05) is 26.7 Å². The molecule has 1 unspecified atom stereocenters. The van der Waals surface area contributed by atoms with Gasteiger partial charge in [0.15, 0.2) is 0 Å². The Balaban J connectivity index is 2.11. The molecule has 1 atom stereocenters. The lowest BCUT2D eigenvalue weighted by atomic mass is 10.1. The highest BCUT2D eigenvalue weighted by Gasteiger charge is 2.26. The van der Waals surface area contributed by atoms with Crippen LogP contribution < -0.4 is 0 Å². The zero-order valence-corrected chi connectivity index (χ0v) is 9.76. The number of carbonyl (C=O) groups is 1. The minimum atomic E-state index is 0.114. The topological polar surface area (TPSA) is 36.4 Å². The summed E-state index contributed by atoms with van der Waals surface area (Å²) >= 11 is 0. The molecule has 1 aromatic heterocycles. The molecule has 1 aromatic rings. The summed E-state index contributed by atoms with van der Waals surface area (Å²) in [4.78, 5) is 20.3. The fourth-order valence-electron chi connectivity index (χ4n) is 2.10. The molecular formula is C12H17N3O. The van der Waals surface area contributed by atoms with Crippen LogP contribution in [0.3, 0.4) is 0 Å². The van der Waals surface area contributed by atoms with Gasteiger partial charge in [-0.1, -0.05) is 0 Å². The Hall–Kier alpha value is -1.42. The number of nitrogens with zero attached hydrogens (tertiary/aromatic N) is 3. The molecule has 86 valence electrons. The number of hydrogen-bond acceptors (Lipinski definition) is 3.